The van der Waals surface area contributed by atoms with Crippen molar-refractivity contribution in [3.8, 4) is 0 Å². The van der Waals surface area contributed by atoms with Crippen molar-refractivity contribution in [2.75, 3.05) is 0 Å². The Kier molecular flexibility index (Phi) is 10.8. The molecule has 8 aromatic rings. The highest BCUT2D eigenvalue weighted by Gasteiger charge is 2.45. The summed E-state index contributed by atoms with van der Waals surface area (Å²) in [6.07, 6.45) is -0.182. The van der Waals surface area contributed by atoms with Gasteiger partial charge in [0, 0.05) is 0 Å². The number of rotatable bonds is 9. The van der Waals surface area contributed by atoms with Crippen molar-refractivity contribution in [1.29, 1.82) is 0 Å². The topological polar surface area (TPSA) is 0 Å². The van der Waals surface area contributed by atoms with Crippen LogP contribution in [0.4, 0.5) is 0 Å². The normalized spacial score (nSPS) is 11.2. The van der Waals surface area contributed by atoms with Crippen LogP contribution in [0.1, 0.15) is 5.56 Å². The lowest BCUT2D eigenvalue weighted by molar-refractivity contribution is 1.39. The monoisotopic (exact) mass is 672 g/mol. The van der Waals surface area contributed by atoms with Crippen LogP contribution in [0, 0.1) is 0 Å². The lowest BCUT2D eigenvalue weighted by atomic mass is 9.13. The Labute approximate surface area is 304 Å². The maximum absolute atomic E-state index is 2.30. The minimum Gasteiger partial charge on any atom is -0.195 e. The largest absolute Gasteiger partial charge is 0.195 e. The Morgan fingerprint density at radius 1 is 0.255 bits per heavy atom. The molecule has 246 valence electrons. The molecule has 0 fully saturated rings. The molecule has 0 spiro atoms. The molecular formula is C49H42BP. The summed E-state index contributed by atoms with van der Waals surface area (Å²) >= 11 is 0. The molecule has 0 aliphatic heterocycles. The molecule has 0 nitrogen and oxygen atoms in total. The van der Waals surface area contributed by atoms with E-state index in [-0.39, 0.29) is 0 Å². The zero-order valence-corrected chi connectivity index (χ0v) is 29.7. The summed E-state index contributed by atoms with van der Waals surface area (Å²) < 4.78 is 0. The van der Waals surface area contributed by atoms with Gasteiger partial charge < -0.3 is 0 Å². The van der Waals surface area contributed by atoms with Gasteiger partial charge in [0.15, 0.2) is 0 Å². The lowest BCUT2D eigenvalue weighted by Gasteiger charge is -2.44. The second-order valence-corrected chi connectivity index (χ2v) is 16.5. The molecular weight excluding hydrogens is 630 g/mol. The Bertz CT molecular complexity index is 1920. The van der Waals surface area contributed by atoms with Crippen LogP contribution < -0.4 is 37.8 Å². The minimum absolute atomic E-state index is 1.03. The van der Waals surface area contributed by atoms with Gasteiger partial charge in [-0.2, -0.15) is 21.9 Å². The van der Waals surface area contributed by atoms with E-state index < -0.39 is 13.4 Å². The van der Waals surface area contributed by atoms with Crippen molar-refractivity contribution in [2.45, 2.75) is 6.16 Å². The molecule has 0 unspecified atom stereocenters. The standard InChI is InChI=1S/C25H22P.C24H20B/c1-5-13-22(14-6-1)21-26(23-15-7-2-8-16-23,24-17-9-3-10-18-24)25-19-11-4-12-20-25;1-5-13-21(14-6-1)25(22-15-7-2-8-16-22,23-17-9-3-10-18-23)24-19-11-4-12-20-24/h1-20H,21H2;1-20H/q+1;-1. The average molecular weight is 673 g/mol. The first-order chi connectivity index (χ1) is 25.3. The van der Waals surface area contributed by atoms with E-state index in [0.29, 0.717) is 0 Å². The van der Waals surface area contributed by atoms with Crippen LogP contribution >= 0.6 is 7.26 Å². The predicted molar refractivity (Wildman–Crippen MR) is 225 cm³/mol. The van der Waals surface area contributed by atoms with Crippen molar-refractivity contribution in [2.24, 2.45) is 0 Å². The van der Waals surface area contributed by atoms with Crippen molar-refractivity contribution in [3.05, 3.63) is 248 Å². The van der Waals surface area contributed by atoms with Gasteiger partial charge in [0.05, 0.1) is 6.16 Å². The highest BCUT2D eigenvalue weighted by atomic mass is 31.2. The smallest absolute Gasteiger partial charge is 0.116 e. The van der Waals surface area contributed by atoms with E-state index >= 15 is 0 Å². The first-order valence-electron chi connectivity index (χ1n) is 17.8. The molecule has 0 radical (unpaired) electrons. The van der Waals surface area contributed by atoms with E-state index in [4.69, 9.17) is 0 Å². The maximum atomic E-state index is 2.30. The van der Waals surface area contributed by atoms with Gasteiger partial charge in [0.2, 0.25) is 0 Å². The molecule has 0 heterocycles. The van der Waals surface area contributed by atoms with Crippen LogP contribution in [0.3, 0.4) is 0 Å². The van der Waals surface area contributed by atoms with Crippen molar-refractivity contribution >= 4 is 51.2 Å². The third-order valence-corrected chi connectivity index (χ3v) is 14.4. The summed E-state index contributed by atoms with van der Waals surface area (Å²) in [5.74, 6) is 0. The van der Waals surface area contributed by atoms with Gasteiger partial charge in [-0.1, -0.05) is 206 Å². The van der Waals surface area contributed by atoms with Crippen LogP contribution in [0.25, 0.3) is 0 Å². The first-order valence-corrected chi connectivity index (χ1v) is 19.8. The summed E-state index contributed by atoms with van der Waals surface area (Å²) in [4.78, 5) is 0. The summed E-state index contributed by atoms with van der Waals surface area (Å²) in [5, 5.41) is 4.30. The molecule has 8 aromatic carbocycles. The summed E-state index contributed by atoms with van der Waals surface area (Å²) in [6.45, 7) is 0. The van der Waals surface area contributed by atoms with Crippen LogP contribution in [0.15, 0.2) is 243 Å². The van der Waals surface area contributed by atoms with E-state index in [1.165, 1.54) is 43.3 Å². The average Bonchev–Trinajstić information content (AvgIpc) is 3.23. The fraction of sp³-hybridized carbons (Fsp3) is 0.0204. The molecule has 0 aliphatic rings. The Hall–Kier alpha value is -5.75. The van der Waals surface area contributed by atoms with E-state index in [1.54, 1.807) is 0 Å². The Balaban J connectivity index is 0.000000159. The van der Waals surface area contributed by atoms with Gasteiger partial charge in [0.25, 0.3) is 0 Å². The fourth-order valence-corrected chi connectivity index (χ4v) is 12.0. The molecule has 0 aromatic heterocycles. The lowest BCUT2D eigenvalue weighted by Crippen LogP contribution is -2.74. The van der Waals surface area contributed by atoms with Gasteiger partial charge in [-0.15, -0.1) is 0 Å². The molecule has 0 aliphatic carbocycles. The van der Waals surface area contributed by atoms with E-state index in [0.717, 1.165) is 6.16 Å². The fourth-order valence-electron chi connectivity index (χ4n) is 7.75. The summed E-state index contributed by atoms with van der Waals surface area (Å²) in [5.41, 5.74) is 6.74. The Morgan fingerprint density at radius 3 is 0.725 bits per heavy atom. The minimum atomic E-state index is -1.78. The molecule has 8 rings (SSSR count). The Morgan fingerprint density at radius 2 is 0.471 bits per heavy atom. The third-order valence-electron chi connectivity index (χ3n) is 10.1. The van der Waals surface area contributed by atoms with E-state index in [9.17, 15) is 0 Å². The van der Waals surface area contributed by atoms with Crippen LogP contribution in [-0.2, 0) is 6.16 Å². The molecule has 0 saturated carbocycles. The van der Waals surface area contributed by atoms with Crippen LogP contribution in [0.2, 0.25) is 0 Å². The molecule has 0 bridgehead atoms. The molecule has 0 saturated heterocycles. The highest BCUT2D eigenvalue weighted by molar-refractivity contribution is 7.95. The maximum Gasteiger partial charge on any atom is 0.116 e. The number of hydrogen-bond donors (Lipinski definition) is 0. The second kappa shape index (κ2) is 16.3. The van der Waals surface area contributed by atoms with Crippen molar-refractivity contribution < 1.29 is 0 Å². The molecule has 2 heteroatoms. The van der Waals surface area contributed by atoms with Gasteiger partial charge in [-0.25, -0.2) is 0 Å². The molecule has 0 N–H and O–H groups in total. The van der Waals surface area contributed by atoms with E-state index in [1.807, 2.05) is 0 Å². The zero-order valence-electron chi connectivity index (χ0n) is 28.8. The second-order valence-electron chi connectivity index (χ2n) is 13.0. The van der Waals surface area contributed by atoms with Gasteiger partial charge in [0.1, 0.15) is 29.3 Å². The summed E-state index contributed by atoms with van der Waals surface area (Å²) in [7, 11) is -1.78. The molecule has 51 heavy (non-hydrogen) atoms. The first kappa shape index (κ1) is 33.7. The SMILES string of the molecule is c1ccc(C[P+](c2ccccc2)(c2ccccc2)c2ccccc2)cc1.c1ccc([B-](c2ccccc2)(c2ccccc2)c2ccccc2)cc1. The van der Waals surface area contributed by atoms with Crippen molar-refractivity contribution in [1.82, 2.24) is 0 Å². The number of benzene rings is 8. The van der Waals surface area contributed by atoms with Gasteiger partial charge in [-0.3, -0.25) is 0 Å². The van der Waals surface area contributed by atoms with Crippen molar-refractivity contribution in [3.63, 3.8) is 0 Å². The quantitative estimate of drug-likeness (QED) is 0.107. The predicted octanol–water partition coefficient (Wildman–Crippen LogP) is 8.24. The molecule has 0 atom stereocenters. The summed E-state index contributed by atoms with van der Waals surface area (Å²) in [6, 6.07) is 87.6. The van der Waals surface area contributed by atoms with E-state index in [2.05, 4.69) is 243 Å². The number of hydrogen-bond acceptors (Lipinski definition) is 0. The van der Waals surface area contributed by atoms with Gasteiger partial charge >= 0.3 is 0 Å². The highest BCUT2D eigenvalue weighted by Crippen LogP contribution is 2.58. The molecule has 0 amide bonds. The zero-order chi connectivity index (χ0) is 34.6. The van der Waals surface area contributed by atoms with Gasteiger partial charge in [-0.05, 0) is 42.0 Å². The third kappa shape index (κ3) is 7.13. The van der Waals surface area contributed by atoms with Crippen LogP contribution in [-0.4, -0.2) is 6.15 Å². The van der Waals surface area contributed by atoms with Crippen LogP contribution in [0.5, 0.6) is 0 Å².